The van der Waals surface area contributed by atoms with E-state index in [1.165, 1.54) is 22.8 Å². The Labute approximate surface area is 138 Å². The molecule has 3 heterocycles. The van der Waals surface area contributed by atoms with Crippen molar-refractivity contribution in [2.24, 2.45) is 0 Å². The number of hydrogen-bond donors (Lipinski definition) is 2. The Morgan fingerprint density at radius 2 is 2.13 bits per heavy atom. The minimum absolute atomic E-state index is 0.112. The van der Waals surface area contributed by atoms with Crippen molar-refractivity contribution in [3.05, 3.63) is 42.5 Å². The van der Waals surface area contributed by atoms with E-state index in [-0.39, 0.29) is 10.6 Å². The smallest absolute Gasteiger partial charge is 0.272 e. The Morgan fingerprint density at radius 3 is 2.83 bits per heavy atom. The number of nitrogens with zero attached hydrogens (tertiary/aromatic N) is 2. The quantitative estimate of drug-likeness (QED) is 0.867. The first-order valence-electron chi connectivity index (χ1n) is 7.05. The summed E-state index contributed by atoms with van der Waals surface area (Å²) in [6, 6.07) is 4.77. The second kappa shape index (κ2) is 6.73. The van der Waals surface area contributed by atoms with Crippen molar-refractivity contribution in [1.29, 1.82) is 0 Å². The number of amides is 1. The fourth-order valence-corrected chi connectivity index (χ4v) is 4.80. The normalized spacial score (nSPS) is 16.2. The molecule has 7 nitrogen and oxygen atoms in total. The molecule has 0 bridgehead atoms. The van der Waals surface area contributed by atoms with E-state index in [9.17, 15) is 13.2 Å². The lowest BCUT2D eigenvalue weighted by Crippen LogP contribution is -2.37. The van der Waals surface area contributed by atoms with Gasteiger partial charge in [0.2, 0.25) is 10.0 Å². The molecule has 2 aromatic rings. The molecule has 1 saturated heterocycles. The van der Waals surface area contributed by atoms with Crippen LogP contribution in [0, 0.1) is 0 Å². The SMILES string of the molecule is O=C(Nc1cccnc1)c1cc(S(=O)(=O)N2CCSCC2)c[nH]1. The molecule has 0 aromatic carbocycles. The number of anilines is 1. The number of thioether (sulfide) groups is 1. The summed E-state index contributed by atoms with van der Waals surface area (Å²) in [5, 5.41) is 2.66. The number of carbonyl (C=O) groups is 1. The number of rotatable bonds is 4. The number of pyridine rings is 1. The monoisotopic (exact) mass is 352 g/mol. The molecule has 1 fully saturated rings. The van der Waals surface area contributed by atoms with Gasteiger partial charge in [0.15, 0.2) is 0 Å². The summed E-state index contributed by atoms with van der Waals surface area (Å²) in [6.45, 7) is 0.991. The van der Waals surface area contributed by atoms with Crippen LogP contribution in [-0.4, -0.2) is 53.2 Å². The van der Waals surface area contributed by atoms with Crippen LogP contribution in [0.25, 0.3) is 0 Å². The highest BCUT2D eigenvalue weighted by atomic mass is 32.2. The Balaban J connectivity index is 1.76. The number of nitrogens with one attached hydrogen (secondary N) is 2. The van der Waals surface area contributed by atoms with Crippen molar-refractivity contribution in [2.75, 3.05) is 29.9 Å². The first kappa shape index (κ1) is 16.0. The first-order chi connectivity index (χ1) is 11.1. The van der Waals surface area contributed by atoms with Gasteiger partial charge in [-0.1, -0.05) is 0 Å². The third-order valence-electron chi connectivity index (χ3n) is 3.43. The third-order valence-corrected chi connectivity index (χ3v) is 6.25. The van der Waals surface area contributed by atoms with E-state index in [2.05, 4.69) is 15.3 Å². The molecule has 2 aromatic heterocycles. The predicted octanol–water partition coefficient (Wildman–Crippen LogP) is 1.40. The van der Waals surface area contributed by atoms with Crippen molar-refractivity contribution >= 4 is 33.4 Å². The Kier molecular flexibility index (Phi) is 4.69. The van der Waals surface area contributed by atoms with E-state index >= 15 is 0 Å². The molecule has 0 saturated carbocycles. The van der Waals surface area contributed by atoms with Crippen LogP contribution < -0.4 is 5.32 Å². The lowest BCUT2D eigenvalue weighted by molar-refractivity contribution is 0.102. The third kappa shape index (κ3) is 3.57. The van der Waals surface area contributed by atoms with E-state index in [1.54, 1.807) is 30.1 Å². The van der Waals surface area contributed by atoms with Crippen LogP contribution in [0.3, 0.4) is 0 Å². The lowest BCUT2D eigenvalue weighted by Gasteiger charge is -2.24. The second-order valence-electron chi connectivity index (χ2n) is 4.96. The number of sulfonamides is 1. The van der Waals surface area contributed by atoms with Gasteiger partial charge in [-0.3, -0.25) is 9.78 Å². The van der Waals surface area contributed by atoms with Gasteiger partial charge in [0, 0.05) is 37.0 Å². The molecular formula is C14H16N4O3S2. The average molecular weight is 352 g/mol. The highest BCUT2D eigenvalue weighted by Crippen LogP contribution is 2.21. The molecule has 1 aliphatic rings. The minimum atomic E-state index is -3.55. The van der Waals surface area contributed by atoms with Crippen LogP contribution in [-0.2, 0) is 10.0 Å². The van der Waals surface area contributed by atoms with Gasteiger partial charge >= 0.3 is 0 Å². The van der Waals surface area contributed by atoms with Gasteiger partial charge in [0.05, 0.1) is 11.9 Å². The summed E-state index contributed by atoms with van der Waals surface area (Å²) in [4.78, 5) is 18.9. The highest BCUT2D eigenvalue weighted by Gasteiger charge is 2.27. The zero-order valence-corrected chi connectivity index (χ0v) is 13.9. The van der Waals surface area contributed by atoms with Crippen LogP contribution >= 0.6 is 11.8 Å². The maximum atomic E-state index is 12.5. The fraction of sp³-hybridized carbons (Fsp3) is 0.286. The molecule has 0 radical (unpaired) electrons. The summed E-state index contributed by atoms with van der Waals surface area (Å²) >= 11 is 1.74. The standard InChI is InChI=1S/C14H16N4O3S2/c19-14(17-11-2-1-3-15-9-11)13-8-12(10-16-13)23(20,21)18-4-6-22-7-5-18/h1-3,8-10,16H,4-7H2,(H,17,19). The summed E-state index contributed by atoms with van der Waals surface area (Å²) < 4.78 is 26.5. The molecule has 0 unspecified atom stereocenters. The summed E-state index contributed by atoms with van der Waals surface area (Å²) in [5.41, 5.74) is 0.739. The van der Waals surface area contributed by atoms with E-state index in [1.807, 2.05) is 0 Å². The molecule has 23 heavy (non-hydrogen) atoms. The second-order valence-corrected chi connectivity index (χ2v) is 8.12. The number of aromatic amines is 1. The van der Waals surface area contributed by atoms with Gasteiger partial charge in [-0.15, -0.1) is 0 Å². The fourth-order valence-electron chi connectivity index (χ4n) is 2.23. The summed E-state index contributed by atoms with van der Waals surface area (Å²) in [6.07, 6.45) is 4.48. The summed E-state index contributed by atoms with van der Waals surface area (Å²) in [5.74, 6) is 1.17. The molecule has 1 aliphatic heterocycles. The van der Waals surface area contributed by atoms with Crippen molar-refractivity contribution < 1.29 is 13.2 Å². The number of aromatic nitrogens is 2. The number of H-pyrrole nitrogens is 1. The van der Waals surface area contributed by atoms with Crippen LogP contribution in [0.15, 0.2) is 41.7 Å². The number of carbonyl (C=O) groups excluding carboxylic acids is 1. The van der Waals surface area contributed by atoms with Gasteiger partial charge in [-0.2, -0.15) is 16.1 Å². The number of hydrogen-bond acceptors (Lipinski definition) is 5. The molecule has 0 atom stereocenters. The summed E-state index contributed by atoms with van der Waals surface area (Å²) in [7, 11) is -3.55. The van der Waals surface area contributed by atoms with Crippen molar-refractivity contribution in [1.82, 2.24) is 14.3 Å². The highest BCUT2D eigenvalue weighted by molar-refractivity contribution is 7.99. The van der Waals surface area contributed by atoms with E-state index in [4.69, 9.17) is 0 Å². The van der Waals surface area contributed by atoms with Gasteiger partial charge < -0.3 is 10.3 Å². The topological polar surface area (TPSA) is 95.2 Å². The van der Waals surface area contributed by atoms with Crippen LogP contribution in [0.5, 0.6) is 0 Å². The molecule has 1 amide bonds. The molecule has 0 aliphatic carbocycles. The van der Waals surface area contributed by atoms with Crippen molar-refractivity contribution in [3.63, 3.8) is 0 Å². The zero-order chi connectivity index (χ0) is 16.3. The van der Waals surface area contributed by atoms with Crippen LogP contribution in [0.1, 0.15) is 10.5 Å². The Hall–Kier alpha value is -1.84. The van der Waals surface area contributed by atoms with Crippen molar-refractivity contribution in [2.45, 2.75) is 4.90 Å². The Morgan fingerprint density at radius 1 is 1.35 bits per heavy atom. The molecule has 3 rings (SSSR count). The van der Waals surface area contributed by atoms with Gasteiger partial charge in [-0.25, -0.2) is 8.42 Å². The maximum Gasteiger partial charge on any atom is 0.272 e. The first-order valence-corrected chi connectivity index (χ1v) is 9.64. The van der Waals surface area contributed by atoms with Gasteiger partial charge in [0.25, 0.3) is 5.91 Å². The Bertz CT molecular complexity index is 783. The molecule has 122 valence electrons. The van der Waals surface area contributed by atoms with E-state index in [0.29, 0.717) is 18.8 Å². The molecule has 2 N–H and O–H groups in total. The molecule has 0 spiro atoms. The average Bonchev–Trinajstić information content (AvgIpc) is 3.07. The van der Waals surface area contributed by atoms with E-state index < -0.39 is 15.9 Å². The van der Waals surface area contributed by atoms with E-state index in [0.717, 1.165) is 11.5 Å². The minimum Gasteiger partial charge on any atom is -0.356 e. The predicted molar refractivity (Wildman–Crippen MR) is 89.1 cm³/mol. The zero-order valence-electron chi connectivity index (χ0n) is 12.2. The lowest BCUT2D eigenvalue weighted by atomic mass is 10.3. The van der Waals surface area contributed by atoms with Crippen molar-refractivity contribution in [3.8, 4) is 0 Å². The maximum absolute atomic E-state index is 12.5. The molecular weight excluding hydrogens is 336 g/mol. The van der Waals surface area contributed by atoms with Gasteiger partial charge in [0.1, 0.15) is 10.6 Å². The van der Waals surface area contributed by atoms with Gasteiger partial charge in [-0.05, 0) is 18.2 Å². The largest absolute Gasteiger partial charge is 0.356 e. The van der Waals surface area contributed by atoms with Crippen LogP contribution in [0.2, 0.25) is 0 Å². The van der Waals surface area contributed by atoms with Crippen LogP contribution in [0.4, 0.5) is 5.69 Å². The molecule has 9 heteroatoms.